The maximum absolute atomic E-state index is 13.6. The molecule has 0 amide bonds. The third kappa shape index (κ3) is 3.57. The van der Waals surface area contributed by atoms with Gasteiger partial charge in [0.25, 0.3) is 0 Å². The van der Waals surface area contributed by atoms with E-state index in [4.69, 9.17) is 18.7 Å². The Kier molecular flexibility index (Phi) is 5.33. The molecule has 10 heteroatoms. The Morgan fingerprint density at radius 2 is 1.89 bits per heavy atom. The fourth-order valence-corrected chi connectivity index (χ4v) is 5.76. The molecule has 190 valence electrons. The van der Waals surface area contributed by atoms with E-state index in [2.05, 4.69) is 15.0 Å². The van der Waals surface area contributed by atoms with Crippen molar-refractivity contribution < 1.29 is 31.9 Å². The van der Waals surface area contributed by atoms with Crippen molar-refractivity contribution in [1.29, 1.82) is 0 Å². The number of methoxy groups -OCH3 is 2. The van der Waals surface area contributed by atoms with Crippen LogP contribution in [0.1, 0.15) is 29.5 Å². The summed E-state index contributed by atoms with van der Waals surface area (Å²) in [6, 6.07) is 10.4. The lowest BCUT2D eigenvalue weighted by molar-refractivity contribution is -0.198. The molecule has 4 aliphatic rings. The molecular weight excluding hydrogens is 475 g/mol. The Hall–Kier alpha value is -3.40. The number of fused-ring (bicyclic) bond motifs is 3. The van der Waals surface area contributed by atoms with E-state index < -0.39 is 17.5 Å². The predicted molar refractivity (Wildman–Crippen MR) is 126 cm³/mol. The van der Waals surface area contributed by atoms with Crippen molar-refractivity contribution in [2.45, 2.75) is 31.3 Å². The zero-order valence-corrected chi connectivity index (χ0v) is 20.0. The second-order valence-electron chi connectivity index (χ2n) is 9.52. The summed E-state index contributed by atoms with van der Waals surface area (Å²) < 4.78 is 57.0. The highest BCUT2D eigenvalue weighted by Gasteiger charge is 2.57. The number of furan rings is 1. The number of hydrogen-bond acceptors (Lipinski definition) is 7. The first-order chi connectivity index (χ1) is 17.3. The number of rotatable bonds is 5. The minimum absolute atomic E-state index is 0.000423. The third-order valence-electron chi connectivity index (χ3n) is 7.64. The summed E-state index contributed by atoms with van der Waals surface area (Å²) >= 11 is 0. The number of benzene rings is 2. The highest BCUT2D eigenvalue weighted by Crippen LogP contribution is 2.46. The van der Waals surface area contributed by atoms with E-state index in [-0.39, 0.29) is 16.9 Å². The van der Waals surface area contributed by atoms with Gasteiger partial charge in [-0.1, -0.05) is 5.16 Å². The highest BCUT2D eigenvalue weighted by atomic mass is 19.4. The number of alkyl halides is 3. The number of halogens is 3. The molecule has 3 aromatic rings. The number of oxime groups is 1. The number of ether oxygens (including phenoxy) is 2. The molecule has 0 radical (unpaired) electrons. The van der Waals surface area contributed by atoms with Crippen LogP contribution in [-0.4, -0.2) is 55.2 Å². The van der Waals surface area contributed by atoms with E-state index >= 15 is 0 Å². The predicted octanol–water partition coefficient (Wildman–Crippen LogP) is 5.08. The Morgan fingerprint density at radius 3 is 2.56 bits per heavy atom. The maximum Gasteiger partial charge on any atom is 0.420 e. The molecule has 0 aliphatic carbocycles. The summed E-state index contributed by atoms with van der Waals surface area (Å²) in [5.74, 6) is 2.07. The Bertz CT molecular complexity index is 1330. The Labute approximate surface area is 206 Å². The van der Waals surface area contributed by atoms with Crippen LogP contribution < -0.4 is 9.47 Å². The number of amidine groups is 1. The number of hydrogen-bond donors (Lipinski definition) is 0. The molecule has 7 rings (SSSR count). The molecule has 2 bridgehead atoms. The van der Waals surface area contributed by atoms with E-state index in [1.54, 1.807) is 26.4 Å². The van der Waals surface area contributed by atoms with Crippen molar-refractivity contribution in [2.24, 2.45) is 11.1 Å². The lowest BCUT2D eigenvalue weighted by atomic mass is 9.79. The van der Waals surface area contributed by atoms with E-state index in [9.17, 15) is 13.2 Å². The zero-order chi connectivity index (χ0) is 25.1. The fourth-order valence-electron chi connectivity index (χ4n) is 5.76. The molecule has 4 aliphatic heterocycles. The van der Waals surface area contributed by atoms with Crippen LogP contribution in [0.2, 0.25) is 0 Å². The summed E-state index contributed by atoms with van der Waals surface area (Å²) in [6.07, 6.45) is -1.82. The van der Waals surface area contributed by atoms with Gasteiger partial charge in [-0.25, -0.2) is 0 Å². The van der Waals surface area contributed by atoms with Crippen LogP contribution in [-0.2, 0) is 17.6 Å². The topological polar surface area (TPSA) is 59.7 Å². The fraction of sp³-hybridized carbons (Fsp3) is 0.423. The smallest absolute Gasteiger partial charge is 0.420 e. The minimum Gasteiger partial charge on any atom is -0.497 e. The van der Waals surface area contributed by atoms with E-state index in [1.807, 2.05) is 18.2 Å². The first-order valence-corrected chi connectivity index (χ1v) is 11.9. The van der Waals surface area contributed by atoms with Crippen molar-refractivity contribution in [3.63, 3.8) is 0 Å². The number of nitrogens with zero attached hydrogens (tertiary/aromatic N) is 3. The maximum atomic E-state index is 13.6. The van der Waals surface area contributed by atoms with Gasteiger partial charge < -0.3 is 23.6 Å². The van der Waals surface area contributed by atoms with Gasteiger partial charge in [0.1, 0.15) is 28.9 Å². The molecule has 7 nitrogen and oxygen atoms in total. The van der Waals surface area contributed by atoms with Gasteiger partial charge in [0, 0.05) is 28.5 Å². The van der Waals surface area contributed by atoms with Gasteiger partial charge in [0.05, 0.1) is 27.3 Å². The molecule has 2 aromatic carbocycles. The summed E-state index contributed by atoms with van der Waals surface area (Å²) in [7, 11) is 3.19. The largest absolute Gasteiger partial charge is 0.497 e. The van der Waals surface area contributed by atoms with Crippen LogP contribution in [0.15, 0.2) is 52.2 Å². The monoisotopic (exact) mass is 501 g/mol. The summed E-state index contributed by atoms with van der Waals surface area (Å²) in [5, 5.41) is 4.49. The second-order valence-corrected chi connectivity index (χ2v) is 9.52. The van der Waals surface area contributed by atoms with Crippen LogP contribution in [0.3, 0.4) is 0 Å². The average Bonchev–Trinajstić information content (AvgIpc) is 3.46. The Morgan fingerprint density at radius 1 is 1.08 bits per heavy atom. The number of piperidine rings is 3. The summed E-state index contributed by atoms with van der Waals surface area (Å²) in [5.41, 5.74) is 0.101. The van der Waals surface area contributed by atoms with Gasteiger partial charge in [-0.3, -0.25) is 4.90 Å². The molecule has 3 saturated heterocycles. The van der Waals surface area contributed by atoms with Crippen LogP contribution in [0.5, 0.6) is 11.5 Å². The molecule has 0 saturated carbocycles. The molecule has 1 atom stereocenters. The van der Waals surface area contributed by atoms with Gasteiger partial charge in [0.15, 0.2) is 5.84 Å². The first kappa shape index (κ1) is 23.0. The molecule has 5 heterocycles. The molecule has 1 aromatic heterocycles. The van der Waals surface area contributed by atoms with Crippen LogP contribution in [0.25, 0.3) is 11.0 Å². The van der Waals surface area contributed by atoms with Gasteiger partial charge in [-0.05, 0) is 56.3 Å². The average molecular weight is 502 g/mol. The molecule has 0 N–H and O–H groups in total. The van der Waals surface area contributed by atoms with E-state index in [0.29, 0.717) is 36.0 Å². The van der Waals surface area contributed by atoms with Gasteiger partial charge in [-0.15, -0.1) is 0 Å². The molecular formula is C26H26F3N3O4. The van der Waals surface area contributed by atoms with Crippen molar-refractivity contribution in [2.75, 3.05) is 33.9 Å². The zero-order valence-electron chi connectivity index (χ0n) is 20.0. The van der Waals surface area contributed by atoms with Gasteiger partial charge in [-0.2, -0.15) is 13.2 Å². The van der Waals surface area contributed by atoms with Gasteiger partial charge in [0.2, 0.25) is 5.72 Å². The van der Waals surface area contributed by atoms with Crippen LogP contribution in [0, 0.1) is 5.92 Å². The summed E-state index contributed by atoms with van der Waals surface area (Å²) in [4.78, 5) is 10.7. The third-order valence-corrected chi connectivity index (χ3v) is 7.64. The van der Waals surface area contributed by atoms with Crippen molar-refractivity contribution >= 4 is 16.8 Å². The lowest BCUT2D eigenvalue weighted by Crippen LogP contribution is -2.66. The van der Waals surface area contributed by atoms with Gasteiger partial charge >= 0.3 is 6.18 Å². The van der Waals surface area contributed by atoms with Crippen molar-refractivity contribution in [3.05, 3.63) is 59.4 Å². The van der Waals surface area contributed by atoms with Crippen molar-refractivity contribution in [1.82, 2.24) is 9.80 Å². The van der Waals surface area contributed by atoms with Crippen molar-refractivity contribution in [3.8, 4) is 11.5 Å². The second kappa shape index (κ2) is 8.33. The first-order valence-electron chi connectivity index (χ1n) is 11.9. The standard InChI is InChI=1S/C26H26F3N3O4/c1-33-19-5-3-17(23(12-19)34-2)13-32-24(30-36-25(32)15-31-9-7-18(25)8-10-31)16-4-6-22-20(11-16)21(14-35-22)26(27,28)29/h3-6,11-12,14,18H,7-10,13,15H2,1-2H3. The lowest BCUT2D eigenvalue weighted by Gasteiger charge is -2.53. The highest BCUT2D eigenvalue weighted by molar-refractivity contribution is 6.02. The molecule has 3 fully saturated rings. The quantitative estimate of drug-likeness (QED) is 0.486. The van der Waals surface area contributed by atoms with Crippen LogP contribution in [0.4, 0.5) is 13.2 Å². The van der Waals surface area contributed by atoms with Crippen LogP contribution >= 0.6 is 0 Å². The van der Waals surface area contributed by atoms with E-state index in [1.165, 1.54) is 6.07 Å². The SMILES string of the molecule is COc1ccc(CN2C(c3ccc4occ(C(F)(F)F)c4c3)=NOC23CN2CCC3CC2)c(OC)c1. The summed E-state index contributed by atoms with van der Waals surface area (Å²) in [6.45, 7) is 3.08. The Balaban J connectivity index is 1.44. The van der Waals surface area contributed by atoms with E-state index in [0.717, 1.165) is 37.8 Å². The molecule has 36 heavy (non-hydrogen) atoms. The minimum atomic E-state index is -4.52. The normalized spacial score (nSPS) is 25.4. The molecule has 1 spiro atoms. The molecule has 1 unspecified atom stereocenters.